The van der Waals surface area contributed by atoms with E-state index in [1.54, 1.807) is 26.2 Å². The van der Waals surface area contributed by atoms with E-state index in [9.17, 15) is 4.79 Å². The molecule has 0 saturated carbocycles. The van der Waals surface area contributed by atoms with Crippen LogP contribution in [0.25, 0.3) is 0 Å². The summed E-state index contributed by atoms with van der Waals surface area (Å²) < 4.78 is 3.99. The summed E-state index contributed by atoms with van der Waals surface area (Å²) in [7, 11) is 1.75. The van der Waals surface area contributed by atoms with Crippen LogP contribution >= 0.6 is 11.5 Å². The Morgan fingerprint density at radius 3 is 2.94 bits per heavy atom. The lowest BCUT2D eigenvalue weighted by molar-refractivity contribution is 0.102. The van der Waals surface area contributed by atoms with Gasteiger partial charge >= 0.3 is 0 Å². The second-order valence-corrected chi connectivity index (χ2v) is 4.02. The molecular formula is C10H11N5OS. The first kappa shape index (κ1) is 11.5. The molecule has 2 aromatic heterocycles. The number of hydrogen-bond donors (Lipinski definition) is 2. The van der Waals surface area contributed by atoms with E-state index in [-0.39, 0.29) is 5.91 Å². The van der Waals surface area contributed by atoms with E-state index in [4.69, 9.17) is 0 Å². The van der Waals surface area contributed by atoms with Crippen LogP contribution in [0.15, 0.2) is 18.5 Å². The standard InChI is InChI=1S/C10H11N5OS/c1-6-13-10(17-15-6)14-9(16)7-5-12-4-3-8(7)11-2/h3-5H,1-2H3,(H,11,12)(H,13,14,15,16). The summed E-state index contributed by atoms with van der Waals surface area (Å²) in [4.78, 5) is 19.9. The molecule has 7 heteroatoms. The predicted octanol–water partition coefficient (Wildman–Crippen LogP) is 1.54. The number of aryl methyl sites for hydroxylation is 1. The van der Waals surface area contributed by atoms with E-state index in [0.29, 0.717) is 16.5 Å². The molecule has 0 aliphatic rings. The molecule has 0 unspecified atom stereocenters. The van der Waals surface area contributed by atoms with E-state index in [2.05, 4.69) is 25.0 Å². The molecule has 0 aromatic carbocycles. The summed E-state index contributed by atoms with van der Waals surface area (Å²) in [5.74, 6) is 0.393. The van der Waals surface area contributed by atoms with Crippen LogP contribution in [0.1, 0.15) is 16.2 Å². The number of carbonyl (C=O) groups is 1. The maximum absolute atomic E-state index is 12.0. The number of nitrogens with one attached hydrogen (secondary N) is 2. The van der Waals surface area contributed by atoms with Crippen LogP contribution in [-0.2, 0) is 0 Å². The van der Waals surface area contributed by atoms with E-state index < -0.39 is 0 Å². The fraction of sp³-hybridized carbons (Fsp3) is 0.200. The molecule has 0 atom stereocenters. The number of aromatic nitrogens is 3. The average molecular weight is 249 g/mol. The third kappa shape index (κ3) is 2.56. The number of rotatable bonds is 3. The molecule has 2 N–H and O–H groups in total. The molecule has 0 bridgehead atoms. The molecule has 0 saturated heterocycles. The van der Waals surface area contributed by atoms with Crippen LogP contribution in [0.5, 0.6) is 0 Å². The zero-order valence-electron chi connectivity index (χ0n) is 9.39. The molecule has 0 spiro atoms. The molecule has 1 amide bonds. The van der Waals surface area contributed by atoms with Crippen molar-refractivity contribution in [1.82, 2.24) is 14.3 Å². The summed E-state index contributed by atoms with van der Waals surface area (Å²) >= 11 is 1.15. The quantitative estimate of drug-likeness (QED) is 0.862. The van der Waals surface area contributed by atoms with Gasteiger partial charge in [0, 0.05) is 36.7 Å². The normalized spacial score (nSPS) is 10.0. The number of anilines is 2. The lowest BCUT2D eigenvalue weighted by atomic mass is 10.2. The van der Waals surface area contributed by atoms with Crippen LogP contribution in [0.2, 0.25) is 0 Å². The Labute approximate surface area is 102 Å². The van der Waals surface area contributed by atoms with Gasteiger partial charge in [0.25, 0.3) is 5.91 Å². The van der Waals surface area contributed by atoms with Crippen LogP contribution in [0, 0.1) is 6.92 Å². The molecule has 0 aliphatic carbocycles. The van der Waals surface area contributed by atoms with Crippen molar-refractivity contribution >= 4 is 28.3 Å². The van der Waals surface area contributed by atoms with Gasteiger partial charge in [0.15, 0.2) is 0 Å². The van der Waals surface area contributed by atoms with Gasteiger partial charge in [-0.15, -0.1) is 0 Å². The number of amides is 1. The Morgan fingerprint density at radius 1 is 1.47 bits per heavy atom. The van der Waals surface area contributed by atoms with E-state index >= 15 is 0 Å². The summed E-state index contributed by atoms with van der Waals surface area (Å²) in [5.41, 5.74) is 1.20. The fourth-order valence-electron chi connectivity index (χ4n) is 1.31. The summed E-state index contributed by atoms with van der Waals surface area (Å²) in [6.45, 7) is 1.77. The van der Waals surface area contributed by atoms with Gasteiger partial charge in [-0.05, 0) is 13.0 Å². The molecule has 2 heterocycles. The Kier molecular flexibility index (Phi) is 3.29. The van der Waals surface area contributed by atoms with Gasteiger partial charge in [-0.1, -0.05) is 0 Å². The molecule has 0 aliphatic heterocycles. The van der Waals surface area contributed by atoms with Crippen molar-refractivity contribution in [3.63, 3.8) is 0 Å². The monoisotopic (exact) mass is 249 g/mol. The second kappa shape index (κ2) is 4.88. The van der Waals surface area contributed by atoms with Gasteiger partial charge in [-0.3, -0.25) is 15.1 Å². The van der Waals surface area contributed by atoms with Crippen molar-refractivity contribution in [2.75, 3.05) is 17.7 Å². The molecule has 0 fully saturated rings. The summed E-state index contributed by atoms with van der Waals surface area (Å²) in [6, 6.07) is 1.74. The third-order valence-electron chi connectivity index (χ3n) is 2.08. The predicted molar refractivity (Wildman–Crippen MR) is 66.4 cm³/mol. The molecule has 17 heavy (non-hydrogen) atoms. The topological polar surface area (TPSA) is 79.8 Å². The lowest BCUT2D eigenvalue weighted by Crippen LogP contribution is -2.14. The zero-order valence-corrected chi connectivity index (χ0v) is 10.2. The number of hydrogen-bond acceptors (Lipinski definition) is 6. The molecule has 0 radical (unpaired) electrons. The molecule has 2 rings (SSSR count). The third-order valence-corrected chi connectivity index (χ3v) is 2.80. The number of carbonyl (C=O) groups excluding carboxylic acids is 1. The first-order valence-corrected chi connectivity index (χ1v) is 5.71. The van der Waals surface area contributed by atoms with Gasteiger partial charge in [-0.25, -0.2) is 4.98 Å². The van der Waals surface area contributed by atoms with Crippen LogP contribution in [-0.4, -0.2) is 27.3 Å². The number of pyridine rings is 1. The molecular weight excluding hydrogens is 238 g/mol. The highest BCUT2D eigenvalue weighted by Crippen LogP contribution is 2.16. The van der Waals surface area contributed by atoms with Crippen LogP contribution in [0.3, 0.4) is 0 Å². The Morgan fingerprint density at radius 2 is 2.29 bits per heavy atom. The Bertz CT molecular complexity index is 539. The molecule has 2 aromatic rings. The molecule has 6 nitrogen and oxygen atoms in total. The van der Waals surface area contributed by atoms with Crippen molar-refractivity contribution < 1.29 is 4.79 Å². The maximum Gasteiger partial charge on any atom is 0.261 e. The fourth-order valence-corrected chi connectivity index (χ4v) is 1.88. The largest absolute Gasteiger partial charge is 0.387 e. The van der Waals surface area contributed by atoms with Crippen molar-refractivity contribution in [1.29, 1.82) is 0 Å². The van der Waals surface area contributed by atoms with Crippen LogP contribution in [0.4, 0.5) is 10.8 Å². The maximum atomic E-state index is 12.0. The molecule has 88 valence electrons. The highest BCUT2D eigenvalue weighted by atomic mass is 32.1. The van der Waals surface area contributed by atoms with E-state index in [1.165, 1.54) is 6.20 Å². The SMILES string of the molecule is CNc1ccncc1C(=O)Nc1nc(C)ns1. The Balaban J connectivity index is 2.20. The highest BCUT2D eigenvalue weighted by molar-refractivity contribution is 7.09. The summed E-state index contributed by atoms with van der Waals surface area (Å²) in [5, 5.41) is 6.10. The average Bonchev–Trinajstić information content (AvgIpc) is 2.74. The van der Waals surface area contributed by atoms with E-state index in [1.807, 2.05) is 0 Å². The smallest absolute Gasteiger partial charge is 0.261 e. The van der Waals surface area contributed by atoms with E-state index in [0.717, 1.165) is 17.2 Å². The zero-order chi connectivity index (χ0) is 12.3. The first-order chi connectivity index (χ1) is 8.20. The Hall–Kier alpha value is -2.02. The van der Waals surface area contributed by atoms with Gasteiger partial charge in [0.1, 0.15) is 5.82 Å². The lowest BCUT2D eigenvalue weighted by Gasteiger charge is -2.06. The van der Waals surface area contributed by atoms with Gasteiger partial charge in [0.05, 0.1) is 5.56 Å². The van der Waals surface area contributed by atoms with Crippen molar-refractivity contribution in [3.8, 4) is 0 Å². The van der Waals surface area contributed by atoms with Crippen LogP contribution < -0.4 is 10.6 Å². The van der Waals surface area contributed by atoms with Crippen molar-refractivity contribution in [3.05, 3.63) is 29.8 Å². The van der Waals surface area contributed by atoms with Crippen molar-refractivity contribution in [2.45, 2.75) is 6.92 Å². The minimum atomic E-state index is -0.251. The van der Waals surface area contributed by atoms with Crippen molar-refractivity contribution in [2.24, 2.45) is 0 Å². The highest BCUT2D eigenvalue weighted by Gasteiger charge is 2.12. The van der Waals surface area contributed by atoms with Gasteiger partial charge in [-0.2, -0.15) is 4.37 Å². The minimum absolute atomic E-state index is 0.251. The van der Waals surface area contributed by atoms with Gasteiger partial charge < -0.3 is 5.32 Å². The second-order valence-electron chi connectivity index (χ2n) is 3.27. The number of nitrogens with zero attached hydrogens (tertiary/aromatic N) is 3. The van der Waals surface area contributed by atoms with Gasteiger partial charge in [0.2, 0.25) is 5.13 Å². The minimum Gasteiger partial charge on any atom is -0.387 e. The summed E-state index contributed by atoms with van der Waals surface area (Å²) in [6.07, 6.45) is 3.13. The first-order valence-electron chi connectivity index (χ1n) is 4.94.